The van der Waals surface area contributed by atoms with Crippen LogP contribution in [0.5, 0.6) is 0 Å². The first-order chi connectivity index (χ1) is 35.8. The molecule has 380 valence electrons. The van der Waals surface area contributed by atoms with Crippen molar-refractivity contribution >= 4 is 84.0 Å². The lowest BCUT2D eigenvalue weighted by Gasteiger charge is -2.29. The van der Waals surface area contributed by atoms with Crippen molar-refractivity contribution in [2.24, 2.45) is 11.7 Å². The summed E-state index contributed by atoms with van der Waals surface area (Å²) in [6.07, 6.45) is 6.11. The summed E-state index contributed by atoms with van der Waals surface area (Å²) in [6, 6.07) is 41.9. The van der Waals surface area contributed by atoms with Crippen molar-refractivity contribution in [3.05, 3.63) is 172 Å². The number of carbonyl (C=O) groups excluding carboxylic acids is 4. The van der Waals surface area contributed by atoms with Crippen LogP contribution in [0.4, 0.5) is 5.13 Å². The zero-order valence-corrected chi connectivity index (χ0v) is 44.4. The lowest BCUT2D eigenvalue weighted by Crippen LogP contribution is -2.42. The Morgan fingerprint density at radius 3 is 2.20 bits per heavy atom. The molecule has 0 bridgehead atoms. The topological polar surface area (TPSA) is 178 Å². The number of benzene rings is 5. The molecule has 13 nitrogen and oxygen atoms in total. The highest BCUT2D eigenvalue weighted by atomic mass is 35.5. The van der Waals surface area contributed by atoms with Gasteiger partial charge in [-0.2, -0.15) is 5.10 Å². The number of hydrogen-bond acceptors (Lipinski definition) is 11. The number of nitrogens with zero attached hydrogens (tertiary/aromatic N) is 5. The number of para-hydroxylation sites is 1. The molecule has 0 spiro atoms. The Kier molecular flexibility index (Phi) is 17.5. The minimum Gasteiger partial charge on any atom is -0.364 e. The van der Waals surface area contributed by atoms with Crippen LogP contribution < -0.4 is 16.4 Å². The molecule has 74 heavy (non-hydrogen) atoms. The minimum atomic E-state index is -0.495. The summed E-state index contributed by atoms with van der Waals surface area (Å²) in [5, 5.41) is 20.2. The van der Waals surface area contributed by atoms with E-state index in [4.69, 9.17) is 26.8 Å². The molecule has 2 atom stereocenters. The molecule has 2 unspecified atom stereocenters. The first-order valence-corrected chi connectivity index (χ1v) is 26.7. The van der Waals surface area contributed by atoms with E-state index >= 15 is 0 Å². The summed E-state index contributed by atoms with van der Waals surface area (Å²) >= 11 is 9.35. The third kappa shape index (κ3) is 12.8. The molecule has 9 aromatic rings. The zero-order chi connectivity index (χ0) is 52.3. The number of thiazole rings is 1. The average molecular weight is 1050 g/mol. The van der Waals surface area contributed by atoms with Gasteiger partial charge in [0.05, 0.1) is 40.5 Å². The summed E-state index contributed by atoms with van der Waals surface area (Å²) in [7, 11) is 1.54. The average Bonchev–Trinajstić information content (AvgIpc) is 4.24. The molecule has 1 fully saturated rings. The van der Waals surface area contributed by atoms with E-state index < -0.39 is 5.91 Å². The van der Waals surface area contributed by atoms with Crippen LogP contribution in [0.15, 0.2) is 143 Å². The van der Waals surface area contributed by atoms with Gasteiger partial charge in [0, 0.05) is 33.1 Å². The quantitative estimate of drug-likeness (QED) is 0.0956. The number of thiophene rings is 1. The fraction of sp³-hybridized carbons (Fsp3) is 0.259. The molecule has 3 amide bonds. The Balaban J connectivity index is 0.000000149. The summed E-state index contributed by atoms with van der Waals surface area (Å²) in [5.74, 6) is -0.272. The SMILES string of the molecule is CC(=O)C(Nc1nc(-c2sc3ccccc3c2C)cs1)C1CCCCC1.CNC(=O)CN(C(=O)Cc1noc2ccccc12)C(C)c1ccc(Cl)cc1.Cc1ccc(-n2nc(-c3ccccc3)cc2C(N)=O)cc1. The van der Waals surface area contributed by atoms with E-state index in [2.05, 4.69) is 57.5 Å². The number of primary amides is 1. The predicted octanol–water partition coefficient (Wildman–Crippen LogP) is 12.6. The number of nitrogens with one attached hydrogen (secondary N) is 2. The molecule has 5 aromatic carbocycles. The van der Waals surface area contributed by atoms with Gasteiger partial charge in [-0.1, -0.05) is 127 Å². The van der Waals surface area contributed by atoms with Gasteiger partial charge in [-0.15, -0.1) is 22.7 Å². The van der Waals surface area contributed by atoms with Crippen LogP contribution in [0.25, 0.3) is 48.6 Å². The maximum atomic E-state index is 13.0. The fourth-order valence-corrected chi connectivity index (χ4v) is 11.2. The lowest BCUT2D eigenvalue weighted by molar-refractivity contribution is -0.137. The van der Waals surface area contributed by atoms with Crippen LogP contribution in [0.2, 0.25) is 5.02 Å². The summed E-state index contributed by atoms with van der Waals surface area (Å²) in [6.45, 7) is 7.72. The van der Waals surface area contributed by atoms with Gasteiger partial charge in [0.15, 0.2) is 16.5 Å². The van der Waals surface area contributed by atoms with Crippen LogP contribution in [0, 0.1) is 19.8 Å². The van der Waals surface area contributed by atoms with E-state index in [-0.39, 0.29) is 42.6 Å². The molecule has 0 aliphatic heterocycles. The van der Waals surface area contributed by atoms with Gasteiger partial charge in [0.2, 0.25) is 11.8 Å². The van der Waals surface area contributed by atoms with Gasteiger partial charge < -0.3 is 25.8 Å². The number of amides is 3. The molecule has 0 radical (unpaired) electrons. The number of likely N-dealkylation sites (N-methyl/N-ethyl adjacent to an activating group) is 1. The Labute approximate surface area is 443 Å². The number of ketones is 1. The second-order valence-electron chi connectivity index (χ2n) is 18.3. The van der Waals surface area contributed by atoms with Crippen LogP contribution in [0.1, 0.15) is 84.9 Å². The molecule has 0 saturated heterocycles. The molecule has 4 aromatic heterocycles. The van der Waals surface area contributed by atoms with Crippen molar-refractivity contribution < 1.29 is 23.7 Å². The van der Waals surface area contributed by atoms with Crippen molar-refractivity contribution in [2.45, 2.75) is 78.3 Å². The fourth-order valence-electron chi connectivity index (χ4n) is 9.11. The molecule has 4 heterocycles. The largest absolute Gasteiger partial charge is 0.364 e. The van der Waals surface area contributed by atoms with Crippen molar-refractivity contribution in [3.8, 4) is 27.5 Å². The molecule has 1 aliphatic carbocycles. The van der Waals surface area contributed by atoms with Gasteiger partial charge in [0.25, 0.3) is 5.91 Å². The molecular formula is C58H59ClN8O5S2. The number of nitrogens with two attached hydrogens (primary N) is 1. The molecular weight excluding hydrogens is 988 g/mol. The van der Waals surface area contributed by atoms with Crippen molar-refractivity contribution in [1.29, 1.82) is 0 Å². The first-order valence-electron chi connectivity index (χ1n) is 24.6. The highest BCUT2D eigenvalue weighted by Crippen LogP contribution is 2.39. The van der Waals surface area contributed by atoms with Crippen LogP contribution in [-0.2, 0) is 20.8 Å². The maximum absolute atomic E-state index is 13.0. The Bertz CT molecular complexity index is 3360. The number of fused-ring (bicyclic) bond motifs is 2. The number of anilines is 1. The lowest BCUT2D eigenvalue weighted by atomic mass is 9.82. The molecule has 1 saturated carbocycles. The number of aromatic nitrogens is 4. The highest BCUT2D eigenvalue weighted by molar-refractivity contribution is 7.23. The monoisotopic (exact) mass is 1050 g/mol. The van der Waals surface area contributed by atoms with Gasteiger partial charge in [0.1, 0.15) is 17.9 Å². The third-order valence-electron chi connectivity index (χ3n) is 13.2. The number of halogens is 1. The van der Waals surface area contributed by atoms with Gasteiger partial charge >= 0.3 is 0 Å². The second kappa shape index (κ2) is 24.5. The van der Waals surface area contributed by atoms with E-state index in [0.29, 0.717) is 27.9 Å². The minimum absolute atomic E-state index is 0.0467. The number of aryl methyl sites for hydroxylation is 2. The van der Waals surface area contributed by atoms with E-state index in [1.807, 2.05) is 98.8 Å². The van der Waals surface area contributed by atoms with E-state index in [0.717, 1.165) is 57.1 Å². The predicted molar refractivity (Wildman–Crippen MR) is 298 cm³/mol. The first kappa shape index (κ1) is 52.9. The summed E-state index contributed by atoms with van der Waals surface area (Å²) < 4.78 is 8.16. The smallest absolute Gasteiger partial charge is 0.267 e. The molecule has 10 rings (SSSR count). The second-order valence-corrected chi connectivity index (χ2v) is 20.7. The van der Waals surface area contributed by atoms with Crippen molar-refractivity contribution in [2.75, 3.05) is 18.9 Å². The number of hydrogen-bond donors (Lipinski definition) is 3. The number of rotatable bonds is 14. The van der Waals surface area contributed by atoms with Crippen molar-refractivity contribution in [1.82, 2.24) is 30.1 Å². The summed E-state index contributed by atoms with van der Waals surface area (Å²) in [5.41, 5.74) is 13.9. The van der Waals surface area contributed by atoms with Crippen LogP contribution in [0.3, 0.4) is 0 Å². The van der Waals surface area contributed by atoms with Gasteiger partial charge in [-0.05, 0) is 111 Å². The third-order valence-corrected chi connectivity index (χ3v) is 15.6. The van der Waals surface area contributed by atoms with Crippen molar-refractivity contribution in [3.63, 3.8) is 0 Å². The van der Waals surface area contributed by atoms with Crippen LogP contribution >= 0.6 is 34.3 Å². The normalized spacial score (nSPS) is 13.2. The standard InChI is InChI=1S/C21H24N2OS2.C20H20ClN3O3.C17H15N3O/c1-13-16-10-6-7-11-18(16)26-20(13)17-12-25-21(22-17)23-19(14(2)24)15-8-4-3-5-9-15;1-13(14-7-9-15(21)10-8-14)24(12-19(25)22-2)20(26)11-17-16-5-3-4-6-18(16)27-23-17;1-12-7-9-14(10-8-12)20-16(17(18)21)11-15(19-20)13-5-3-2-4-6-13/h6-7,10-12,15,19H,3-5,8-9H2,1-2H3,(H,22,23);3-10,13H,11-12H2,1-2H3,(H,22,25);2-11H,1H3,(H2,18,21). The van der Waals surface area contributed by atoms with E-state index in [1.54, 1.807) is 65.6 Å². The maximum Gasteiger partial charge on any atom is 0.267 e. The van der Waals surface area contributed by atoms with E-state index in [9.17, 15) is 19.2 Å². The highest BCUT2D eigenvalue weighted by Gasteiger charge is 2.29. The molecule has 16 heteroatoms. The van der Waals surface area contributed by atoms with Crippen LogP contribution in [-0.4, -0.2) is 68.0 Å². The van der Waals surface area contributed by atoms with Gasteiger partial charge in [-0.3, -0.25) is 19.2 Å². The molecule has 1 aliphatic rings. The van der Waals surface area contributed by atoms with Gasteiger partial charge in [-0.25, -0.2) is 9.67 Å². The summed E-state index contributed by atoms with van der Waals surface area (Å²) in [4.78, 5) is 56.5. The Morgan fingerprint density at radius 1 is 0.851 bits per heavy atom. The Hall–Kier alpha value is -7.46. The number of Topliss-reactive ketones (excluding diaryl/α,β-unsaturated/α-hetero) is 1. The zero-order valence-electron chi connectivity index (χ0n) is 42.0. The molecule has 4 N–H and O–H groups in total. The number of carbonyl (C=O) groups is 4. The van der Waals surface area contributed by atoms with E-state index in [1.165, 1.54) is 44.7 Å². The Morgan fingerprint density at radius 2 is 1.53 bits per heavy atom.